The van der Waals surface area contributed by atoms with Crippen molar-refractivity contribution in [3.8, 4) is 0 Å². The maximum atomic E-state index is 11.7. The van der Waals surface area contributed by atoms with Crippen molar-refractivity contribution >= 4 is 5.97 Å². The number of unbranched alkanes of at least 4 members (excludes halogenated alkanes) is 2. The highest BCUT2D eigenvalue weighted by Gasteiger charge is 2.05. The zero-order chi connectivity index (χ0) is 25.1. The summed E-state index contributed by atoms with van der Waals surface area (Å²) in [5.74, 6) is -0.348. The van der Waals surface area contributed by atoms with E-state index in [2.05, 4.69) is 6.92 Å². The van der Waals surface area contributed by atoms with Crippen LogP contribution in [0.4, 0.5) is 0 Å². The summed E-state index contributed by atoms with van der Waals surface area (Å²) in [7, 11) is 0. The van der Waals surface area contributed by atoms with Crippen molar-refractivity contribution in [3.05, 3.63) is 35.9 Å². The molecule has 0 spiro atoms. The molecule has 0 atom stereocenters. The molecule has 1 rings (SSSR count). The number of carbonyl (C=O) groups excluding carboxylic acids is 1. The Morgan fingerprint density at radius 1 is 0.514 bits per heavy atom. The van der Waals surface area contributed by atoms with E-state index in [4.69, 9.17) is 37.9 Å². The largest absolute Gasteiger partial charge is 0.460 e. The van der Waals surface area contributed by atoms with Crippen LogP contribution in [-0.4, -0.2) is 105 Å². The molecule has 0 heterocycles. The van der Waals surface area contributed by atoms with Crippen LogP contribution in [0.2, 0.25) is 0 Å². The minimum atomic E-state index is -0.348. The first-order valence-corrected chi connectivity index (χ1v) is 12.6. The summed E-state index contributed by atoms with van der Waals surface area (Å²) < 4.78 is 43.2. The van der Waals surface area contributed by atoms with E-state index < -0.39 is 0 Å². The van der Waals surface area contributed by atoms with Crippen LogP contribution in [0, 0.1) is 0 Å². The van der Waals surface area contributed by atoms with Gasteiger partial charge in [0.25, 0.3) is 0 Å². The minimum Gasteiger partial charge on any atom is -0.460 e. The van der Waals surface area contributed by atoms with E-state index >= 15 is 0 Å². The van der Waals surface area contributed by atoms with Gasteiger partial charge in [0.2, 0.25) is 0 Å². The smallest absolute Gasteiger partial charge is 0.338 e. The van der Waals surface area contributed by atoms with E-state index in [9.17, 15) is 4.79 Å². The van der Waals surface area contributed by atoms with Crippen molar-refractivity contribution in [1.29, 1.82) is 0 Å². The van der Waals surface area contributed by atoms with Crippen LogP contribution in [-0.2, 0) is 37.9 Å². The van der Waals surface area contributed by atoms with Gasteiger partial charge in [0.1, 0.15) is 6.61 Å². The molecule has 9 heteroatoms. The van der Waals surface area contributed by atoms with Gasteiger partial charge in [-0.05, 0) is 18.6 Å². The van der Waals surface area contributed by atoms with Gasteiger partial charge in [0.15, 0.2) is 0 Å². The second kappa shape index (κ2) is 25.5. The molecule has 0 saturated heterocycles. The molecular formula is C26H44O9. The third-order valence-corrected chi connectivity index (χ3v) is 4.59. The van der Waals surface area contributed by atoms with Gasteiger partial charge in [-0.25, -0.2) is 4.79 Å². The lowest BCUT2D eigenvalue weighted by atomic mass is 10.2. The first-order chi connectivity index (χ1) is 17.3. The summed E-state index contributed by atoms with van der Waals surface area (Å²) in [6, 6.07) is 8.87. The summed E-state index contributed by atoms with van der Waals surface area (Å²) in [4.78, 5) is 11.7. The highest BCUT2D eigenvalue weighted by Crippen LogP contribution is 2.00. The molecule has 35 heavy (non-hydrogen) atoms. The lowest BCUT2D eigenvalue weighted by Gasteiger charge is -2.08. The van der Waals surface area contributed by atoms with Crippen LogP contribution in [0.5, 0.6) is 0 Å². The highest BCUT2D eigenvalue weighted by molar-refractivity contribution is 5.89. The molecule has 1 aromatic carbocycles. The molecule has 0 amide bonds. The highest BCUT2D eigenvalue weighted by atomic mass is 16.6. The van der Waals surface area contributed by atoms with E-state index in [1.54, 1.807) is 24.3 Å². The molecule has 0 bridgehead atoms. The average molecular weight is 501 g/mol. The Labute approximate surface area is 210 Å². The molecule has 0 saturated carbocycles. The summed E-state index contributed by atoms with van der Waals surface area (Å²) in [5, 5.41) is 0. The monoisotopic (exact) mass is 500 g/mol. The fraction of sp³-hybridized carbons (Fsp3) is 0.731. The number of carbonyl (C=O) groups is 1. The van der Waals surface area contributed by atoms with E-state index in [1.807, 2.05) is 6.07 Å². The Bertz CT molecular complexity index is 571. The zero-order valence-electron chi connectivity index (χ0n) is 21.3. The number of esters is 1. The maximum absolute atomic E-state index is 11.7. The molecule has 1 aromatic rings. The first-order valence-electron chi connectivity index (χ1n) is 12.6. The Hall–Kier alpha value is -1.59. The molecule has 0 aliphatic rings. The Morgan fingerprint density at radius 3 is 1.29 bits per heavy atom. The molecule has 0 fully saturated rings. The number of rotatable bonds is 26. The number of hydrogen-bond donors (Lipinski definition) is 0. The third-order valence-electron chi connectivity index (χ3n) is 4.59. The van der Waals surface area contributed by atoms with Crippen LogP contribution in [0.1, 0.15) is 36.5 Å². The quantitative estimate of drug-likeness (QED) is 0.141. The Morgan fingerprint density at radius 2 is 0.886 bits per heavy atom. The predicted octanol–water partition coefficient (Wildman–Crippen LogP) is 3.15. The molecule has 0 aromatic heterocycles. The SMILES string of the molecule is CCCCCOCCOCCOCCOCCOCCOCCOCCOC(=O)c1ccccc1. The molecule has 0 radical (unpaired) electrons. The second-order valence-electron chi connectivity index (χ2n) is 7.50. The van der Waals surface area contributed by atoms with Gasteiger partial charge in [-0.2, -0.15) is 0 Å². The van der Waals surface area contributed by atoms with E-state index in [0.717, 1.165) is 13.0 Å². The van der Waals surface area contributed by atoms with Gasteiger partial charge in [0, 0.05) is 6.61 Å². The number of ether oxygens (including phenoxy) is 8. The number of hydrogen-bond acceptors (Lipinski definition) is 9. The second-order valence-corrected chi connectivity index (χ2v) is 7.50. The summed E-state index contributed by atoms with van der Waals surface area (Å²) in [6.07, 6.45) is 3.54. The van der Waals surface area contributed by atoms with Crippen molar-refractivity contribution in [1.82, 2.24) is 0 Å². The molecule has 0 N–H and O–H groups in total. The predicted molar refractivity (Wildman–Crippen MR) is 132 cm³/mol. The van der Waals surface area contributed by atoms with E-state index in [1.165, 1.54) is 12.8 Å². The molecule has 0 aliphatic heterocycles. The van der Waals surface area contributed by atoms with E-state index in [-0.39, 0.29) is 12.6 Å². The van der Waals surface area contributed by atoms with Crippen LogP contribution in [0.15, 0.2) is 30.3 Å². The van der Waals surface area contributed by atoms with Crippen molar-refractivity contribution in [3.63, 3.8) is 0 Å². The number of benzene rings is 1. The molecule has 9 nitrogen and oxygen atoms in total. The van der Waals surface area contributed by atoms with Crippen LogP contribution >= 0.6 is 0 Å². The van der Waals surface area contributed by atoms with Crippen LogP contribution in [0.3, 0.4) is 0 Å². The van der Waals surface area contributed by atoms with Crippen LogP contribution in [0.25, 0.3) is 0 Å². The maximum Gasteiger partial charge on any atom is 0.338 e. The van der Waals surface area contributed by atoms with Gasteiger partial charge in [-0.1, -0.05) is 38.0 Å². The lowest BCUT2D eigenvalue weighted by molar-refractivity contribution is -0.0223. The van der Waals surface area contributed by atoms with Gasteiger partial charge >= 0.3 is 5.97 Å². The van der Waals surface area contributed by atoms with Crippen molar-refractivity contribution < 1.29 is 42.7 Å². The van der Waals surface area contributed by atoms with E-state index in [0.29, 0.717) is 91.5 Å². The summed E-state index contributed by atoms with van der Waals surface area (Å²) in [5.41, 5.74) is 0.533. The fourth-order valence-electron chi connectivity index (χ4n) is 2.73. The average Bonchev–Trinajstić information content (AvgIpc) is 2.89. The van der Waals surface area contributed by atoms with Crippen molar-refractivity contribution in [2.24, 2.45) is 0 Å². The molecular weight excluding hydrogens is 456 g/mol. The van der Waals surface area contributed by atoms with Gasteiger partial charge in [-0.3, -0.25) is 0 Å². The van der Waals surface area contributed by atoms with Gasteiger partial charge < -0.3 is 37.9 Å². The van der Waals surface area contributed by atoms with Gasteiger partial charge in [-0.15, -0.1) is 0 Å². The molecule has 0 aliphatic carbocycles. The minimum absolute atomic E-state index is 0.213. The fourth-order valence-corrected chi connectivity index (χ4v) is 2.73. The van der Waals surface area contributed by atoms with Crippen molar-refractivity contribution in [2.45, 2.75) is 26.2 Å². The normalized spacial score (nSPS) is 11.1. The lowest BCUT2D eigenvalue weighted by Crippen LogP contribution is -2.15. The van der Waals surface area contributed by atoms with Crippen molar-refractivity contribution in [2.75, 3.05) is 99.1 Å². The first kappa shape index (κ1) is 31.4. The standard InChI is InChI=1S/C26H44O9/c1-2-3-7-10-28-11-12-29-13-14-30-15-16-31-17-18-32-19-20-33-21-22-34-23-24-35-26(27)25-8-5-4-6-9-25/h4-6,8-9H,2-3,7,10-24H2,1H3. The Balaban J connectivity index is 1.67. The summed E-state index contributed by atoms with van der Waals surface area (Å²) in [6.45, 7) is 9.85. The third kappa shape index (κ3) is 21.4. The Kier molecular flexibility index (Phi) is 22.9. The van der Waals surface area contributed by atoms with Gasteiger partial charge in [0.05, 0.1) is 91.5 Å². The summed E-state index contributed by atoms with van der Waals surface area (Å²) >= 11 is 0. The van der Waals surface area contributed by atoms with Crippen LogP contribution < -0.4 is 0 Å². The molecule has 202 valence electrons. The molecule has 0 unspecified atom stereocenters. The zero-order valence-corrected chi connectivity index (χ0v) is 21.3. The topological polar surface area (TPSA) is 90.9 Å².